The van der Waals surface area contributed by atoms with Crippen LogP contribution in [0, 0.1) is 18.8 Å². The Morgan fingerprint density at radius 3 is 2.47 bits per heavy atom. The number of halogens is 1. The number of amides is 3. The Kier molecular flexibility index (Phi) is 7.42. The Bertz CT molecular complexity index is 1410. The van der Waals surface area contributed by atoms with Gasteiger partial charge in [0.25, 0.3) is 5.91 Å². The number of carbonyl (C=O) groups excluding carboxylic acids is 4. The molecule has 8 heteroatoms. The zero-order valence-corrected chi connectivity index (χ0v) is 22.4. The zero-order valence-electron chi connectivity index (χ0n) is 20.9. The van der Waals surface area contributed by atoms with Crippen LogP contribution in [-0.4, -0.2) is 30.3 Å². The molecule has 5 rings (SSSR count). The van der Waals surface area contributed by atoms with Crippen LogP contribution in [0.3, 0.4) is 0 Å². The summed E-state index contributed by atoms with van der Waals surface area (Å²) in [5, 5.41) is 2.69. The fraction of sp³-hybridized carbons (Fsp3) is 0.267. The van der Waals surface area contributed by atoms with Crippen LogP contribution in [0.1, 0.15) is 46.7 Å². The molecule has 0 aromatic heterocycles. The number of nitrogens with one attached hydrogen (secondary N) is 1. The smallest absolute Gasteiger partial charge is 0.338 e. The minimum Gasteiger partial charge on any atom is -0.452 e. The summed E-state index contributed by atoms with van der Waals surface area (Å²) in [7, 11) is 0. The number of benzene rings is 3. The lowest BCUT2D eigenvalue weighted by Crippen LogP contribution is -2.31. The maximum Gasteiger partial charge on any atom is 0.338 e. The van der Waals surface area contributed by atoms with Gasteiger partial charge < -0.3 is 10.1 Å². The summed E-state index contributed by atoms with van der Waals surface area (Å²) >= 11 is 3.41. The molecule has 3 aromatic rings. The number of imide groups is 1. The lowest BCUT2D eigenvalue weighted by molar-refractivity contribution is -0.122. The van der Waals surface area contributed by atoms with Gasteiger partial charge in [-0.05, 0) is 79.6 Å². The van der Waals surface area contributed by atoms with Crippen LogP contribution in [0.5, 0.6) is 0 Å². The van der Waals surface area contributed by atoms with Crippen LogP contribution in [0.15, 0.2) is 77.3 Å². The molecule has 1 aliphatic carbocycles. The second kappa shape index (κ2) is 10.9. The molecule has 0 unspecified atom stereocenters. The highest BCUT2D eigenvalue weighted by atomic mass is 79.9. The molecule has 2 fully saturated rings. The number of ether oxygens (including phenoxy) is 1. The normalized spacial score (nSPS) is 20.7. The number of hydrogen-bond donors (Lipinski definition) is 1. The van der Waals surface area contributed by atoms with E-state index in [0.717, 1.165) is 16.5 Å². The van der Waals surface area contributed by atoms with Crippen LogP contribution in [0.4, 0.5) is 11.4 Å². The first-order valence-corrected chi connectivity index (χ1v) is 13.4. The number of rotatable bonds is 6. The Morgan fingerprint density at radius 2 is 1.71 bits per heavy atom. The second-order valence-electron chi connectivity index (χ2n) is 9.78. The molecule has 1 N–H and O–H groups in total. The molecule has 7 nitrogen and oxygen atoms in total. The van der Waals surface area contributed by atoms with Crippen molar-refractivity contribution >= 4 is 51.0 Å². The second-order valence-corrected chi connectivity index (χ2v) is 10.6. The minimum atomic E-state index is -0.713. The van der Waals surface area contributed by atoms with Gasteiger partial charge in [0.05, 0.1) is 23.1 Å². The van der Waals surface area contributed by atoms with Crippen molar-refractivity contribution in [1.82, 2.24) is 0 Å². The molecule has 3 atom stereocenters. The molecule has 1 saturated heterocycles. The molecule has 1 heterocycles. The van der Waals surface area contributed by atoms with Crippen molar-refractivity contribution in [2.75, 3.05) is 16.8 Å². The summed E-state index contributed by atoms with van der Waals surface area (Å²) in [6, 6.07) is 21.7. The van der Waals surface area contributed by atoms with E-state index in [1.165, 1.54) is 22.6 Å². The summed E-state index contributed by atoms with van der Waals surface area (Å²) < 4.78 is 6.12. The number of fused-ring (bicyclic) bond motifs is 1. The first-order valence-electron chi connectivity index (χ1n) is 12.6. The lowest BCUT2D eigenvalue weighted by Gasteiger charge is -2.28. The van der Waals surface area contributed by atoms with Gasteiger partial charge in [-0.25, -0.2) is 4.79 Å². The van der Waals surface area contributed by atoms with Crippen LogP contribution in [0.2, 0.25) is 0 Å². The SMILES string of the molecule is Cc1cc(NC(=O)COC(=O)c2cccc(N3C(=O)[C@H]4C[C@H](c5ccccc5)CC[C@H]4C3=O)c2)ccc1Br. The first kappa shape index (κ1) is 25.9. The van der Waals surface area contributed by atoms with Crippen LogP contribution in [-0.2, 0) is 19.1 Å². The maximum atomic E-state index is 13.4. The van der Waals surface area contributed by atoms with Gasteiger partial charge in [0, 0.05) is 10.2 Å². The maximum absolute atomic E-state index is 13.4. The standard InChI is InChI=1S/C30H27BrN2O5/c1-18-14-22(11-13-26(18)31)32-27(34)17-38-30(37)21-8-5-9-23(15-21)33-28(35)24-12-10-20(16-25(24)29(33)36)19-6-3-2-4-7-19/h2-9,11,13-15,20,24-25H,10,12,16-17H2,1H3,(H,32,34)/t20-,24-,25+/m1/s1. The van der Waals surface area contributed by atoms with Gasteiger partial charge in [0.1, 0.15) is 0 Å². The Labute approximate surface area is 229 Å². The van der Waals surface area contributed by atoms with Gasteiger partial charge in [-0.15, -0.1) is 0 Å². The van der Waals surface area contributed by atoms with Gasteiger partial charge in [0.2, 0.25) is 11.8 Å². The molecule has 2 aliphatic rings. The van der Waals surface area contributed by atoms with Crippen LogP contribution >= 0.6 is 15.9 Å². The lowest BCUT2D eigenvalue weighted by atomic mass is 9.73. The number of anilines is 2. The Morgan fingerprint density at radius 1 is 0.947 bits per heavy atom. The van der Waals surface area contributed by atoms with E-state index in [-0.39, 0.29) is 35.1 Å². The van der Waals surface area contributed by atoms with Crippen molar-refractivity contribution in [3.63, 3.8) is 0 Å². The molecule has 3 aromatic carbocycles. The monoisotopic (exact) mass is 574 g/mol. The molecule has 1 saturated carbocycles. The molecule has 194 valence electrons. The third-order valence-corrected chi connectivity index (χ3v) is 8.20. The summed E-state index contributed by atoms with van der Waals surface area (Å²) in [5.41, 5.74) is 3.24. The number of carbonyl (C=O) groups is 4. The Hall–Kier alpha value is -3.78. The summed E-state index contributed by atoms with van der Waals surface area (Å²) in [6.45, 7) is 1.43. The average molecular weight is 575 g/mol. The van der Waals surface area contributed by atoms with Gasteiger partial charge in [-0.3, -0.25) is 19.3 Å². The van der Waals surface area contributed by atoms with Crippen molar-refractivity contribution in [3.05, 3.63) is 94.0 Å². The molecule has 0 radical (unpaired) electrons. The van der Waals surface area contributed by atoms with Crippen LogP contribution in [0.25, 0.3) is 0 Å². The number of hydrogen-bond acceptors (Lipinski definition) is 5. The molecular weight excluding hydrogens is 548 g/mol. The average Bonchev–Trinajstić information content (AvgIpc) is 3.19. The van der Waals surface area contributed by atoms with Crippen molar-refractivity contribution in [2.45, 2.75) is 32.1 Å². The van der Waals surface area contributed by atoms with E-state index >= 15 is 0 Å². The molecule has 0 spiro atoms. The molecule has 3 amide bonds. The molecule has 0 bridgehead atoms. The summed E-state index contributed by atoms with van der Waals surface area (Å²) in [6.07, 6.45) is 2.14. The van der Waals surface area contributed by atoms with Crippen LogP contribution < -0.4 is 10.2 Å². The van der Waals surface area contributed by atoms with E-state index in [0.29, 0.717) is 24.2 Å². The fourth-order valence-electron chi connectivity index (χ4n) is 5.37. The van der Waals surface area contributed by atoms with Gasteiger partial charge in [-0.1, -0.05) is 52.3 Å². The van der Waals surface area contributed by atoms with E-state index in [4.69, 9.17) is 4.74 Å². The highest BCUT2D eigenvalue weighted by Crippen LogP contribution is 2.45. The van der Waals surface area contributed by atoms with E-state index in [1.54, 1.807) is 24.3 Å². The van der Waals surface area contributed by atoms with Crippen molar-refractivity contribution in [2.24, 2.45) is 11.8 Å². The highest BCUT2D eigenvalue weighted by molar-refractivity contribution is 9.10. The number of aryl methyl sites for hydroxylation is 1. The van der Waals surface area contributed by atoms with Crippen molar-refractivity contribution in [1.29, 1.82) is 0 Å². The molecule has 38 heavy (non-hydrogen) atoms. The third-order valence-electron chi connectivity index (χ3n) is 7.31. The van der Waals surface area contributed by atoms with Gasteiger partial charge in [0.15, 0.2) is 6.61 Å². The van der Waals surface area contributed by atoms with E-state index in [1.807, 2.05) is 31.2 Å². The Balaban J connectivity index is 1.24. The third kappa shape index (κ3) is 5.27. The highest BCUT2D eigenvalue weighted by Gasteiger charge is 2.50. The summed E-state index contributed by atoms with van der Waals surface area (Å²) in [5.74, 6) is -2.11. The quantitative estimate of drug-likeness (QED) is 0.304. The summed E-state index contributed by atoms with van der Waals surface area (Å²) in [4.78, 5) is 52.8. The molecular formula is C30H27BrN2O5. The van der Waals surface area contributed by atoms with Gasteiger partial charge >= 0.3 is 5.97 Å². The topological polar surface area (TPSA) is 92.8 Å². The van der Waals surface area contributed by atoms with E-state index < -0.39 is 18.5 Å². The molecule has 1 aliphatic heterocycles. The minimum absolute atomic E-state index is 0.160. The number of esters is 1. The zero-order chi connectivity index (χ0) is 26.8. The van der Waals surface area contributed by atoms with Crippen molar-refractivity contribution in [3.8, 4) is 0 Å². The number of nitrogens with zero attached hydrogens (tertiary/aromatic N) is 1. The first-order chi connectivity index (χ1) is 18.3. The van der Waals surface area contributed by atoms with E-state index in [9.17, 15) is 19.2 Å². The predicted octanol–water partition coefficient (Wildman–Crippen LogP) is 5.63. The van der Waals surface area contributed by atoms with E-state index in [2.05, 4.69) is 33.4 Å². The largest absolute Gasteiger partial charge is 0.452 e. The van der Waals surface area contributed by atoms with Gasteiger partial charge in [-0.2, -0.15) is 0 Å². The fourth-order valence-corrected chi connectivity index (χ4v) is 5.61. The van der Waals surface area contributed by atoms with Crippen molar-refractivity contribution < 1.29 is 23.9 Å². The predicted molar refractivity (Wildman–Crippen MR) is 147 cm³/mol.